The molecule has 3 aliphatic carbocycles. The largest absolute Gasteiger partial charge is 0.387 e. The van der Waals surface area contributed by atoms with E-state index in [0.29, 0.717) is 6.61 Å². The van der Waals surface area contributed by atoms with Crippen LogP contribution in [0.25, 0.3) is 0 Å². The van der Waals surface area contributed by atoms with Gasteiger partial charge in [0.15, 0.2) is 11.6 Å². The average Bonchev–Trinajstić information content (AvgIpc) is 3.34. The van der Waals surface area contributed by atoms with Crippen molar-refractivity contribution in [3.8, 4) is 0 Å². The molecule has 6 nitrogen and oxygen atoms in total. The van der Waals surface area contributed by atoms with Gasteiger partial charge in [0, 0.05) is 25.7 Å². The SMILES string of the molecule is O[C@@H]1[C@H](OCc2ccccc2)[C@@H]2OC3(CCCCC3)O[C@H]2[C@H]2OC3(CCCCC3)O[C@@H]12. The van der Waals surface area contributed by atoms with E-state index < -0.39 is 29.9 Å². The second-order valence-electron chi connectivity index (χ2n) is 10.0. The van der Waals surface area contributed by atoms with E-state index in [0.717, 1.165) is 56.9 Å². The monoisotopic (exact) mass is 430 g/mol. The zero-order chi connectivity index (χ0) is 20.9. The van der Waals surface area contributed by atoms with Crippen molar-refractivity contribution in [2.45, 2.75) is 119 Å². The molecule has 2 spiro atoms. The summed E-state index contributed by atoms with van der Waals surface area (Å²) in [5, 5.41) is 11.4. The summed E-state index contributed by atoms with van der Waals surface area (Å²) < 4.78 is 32.6. The Bertz CT molecular complexity index is 757. The molecular weight excluding hydrogens is 396 g/mol. The predicted molar refractivity (Wildman–Crippen MR) is 112 cm³/mol. The number of fused-ring (bicyclic) bond motifs is 3. The van der Waals surface area contributed by atoms with Crippen LogP contribution in [0.3, 0.4) is 0 Å². The summed E-state index contributed by atoms with van der Waals surface area (Å²) in [6, 6.07) is 10.1. The molecule has 0 radical (unpaired) electrons. The van der Waals surface area contributed by atoms with Crippen molar-refractivity contribution in [2.75, 3.05) is 0 Å². The molecular formula is C25H34O6. The standard InChI is InChI=1S/C25H34O6/c26-18-19(27-16-17-10-4-1-5-11-17)21-23(31-25(29-21)14-8-3-9-15-25)22-20(18)28-24(30-22)12-6-2-7-13-24/h1,4-5,10-11,18-23,26H,2-3,6-9,12-16H2/t18-,19+,20+,21+,22+,23-/m1/s1. The first-order chi connectivity index (χ1) is 15.2. The third-order valence-corrected chi connectivity index (χ3v) is 7.89. The van der Waals surface area contributed by atoms with Crippen molar-refractivity contribution >= 4 is 0 Å². The number of hydrogen-bond acceptors (Lipinski definition) is 6. The Morgan fingerprint density at radius 2 is 1.23 bits per heavy atom. The van der Waals surface area contributed by atoms with Gasteiger partial charge in [-0.2, -0.15) is 0 Å². The summed E-state index contributed by atoms with van der Waals surface area (Å²) in [6.07, 6.45) is 7.70. The smallest absolute Gasteiger partial charge is 0.169 e. The van der Waals surface area contributed by atoms with Gasteiger partial charge in [-0.1, -0.05) is 43.2 Å². The highest BCUT2D eigenvalue weighted by Gasteiger charge is 2.66. The molecule has 2 heterocycles. The Balaban J connectivity index is 1.28. The fourth-order valence-corrected chi connectivity index (χ4v) is 6.34. The predicted octanol–water partition coefficient (Wildman–Crippen LogP) is 3.84. The lowest BCUT2D eigenvalue weighted by atomic mass is 9.85. The molecule has 3 saturated carbocycles. The van der Waals surface area contributed by atoms with Crippen LogP contribution < -0.4 is 0 Å². The topological polar surface area (TPSA) is 66.4 Å². The van der Waals surface area contributed by atoms with Gasteiger partial charge in [0.25, 0.3) is 0 Å². The van der Waals surface area contributed by atoms with Gasteiger partial charge < -0.3 is 28.8 Å². The third-order valence-electron chi connectivity index (χ3n) is 7.89. The van der Waals surface area contributed by atoms with Gasteiger partial charge in [-0.25, -0.2) is 0 Å². The van der Waals surface area contributed by atoms with E-state index in [9.17, 15) is 5.11 Å². The van der Waals surface area contributed by atoms with E-state index >= 15 is 0 Å². The van der Waals surface area contributed by atoms with E-state index in [2.05, 4.69) is 0 Å². The van der Waals surface area contributed by atoms with Crippen LogP contribution in [0.4, 0.5) is 0 Å². The average molecular weight is 431 g/mol. The highest BCUT2D eigenvalue weighted by molar-refractivity contribution is 5.14. The molecule has 5 fully saturated rings. The molecule has 6 rings (SSSR count). The fraction of sp³-hybridized carbons (Fsp3) is 0.760. The van der Waals surface area contributed by atoms with Crippen molar-refractivity contribution in [1.29, 1.82) is 0 Å². The zero-order valence-corrected chi connectivity index (χ0v) is 18.1. The molecule has 6 atom stereocenters. The van der Waals surface area contributed by atoms with Gasteiger partial charge in [0.2, 0.25) is 0 Å². The maximum Gasteiger partial charge on any atom is 0.169 e. The Morgan fingerprint density at radius 1 is 0.710 bits per heavy atom. The van der Waals surface area contributed by atoms with Gasteiger partial charge in [0.1, 0.15) is 36.6 Å². The molecule has 0 bridgehead atoms. The molecule has 6 heteroatoms. The second kappa shape index (κ2) is 8.08. The van der Waals surface area contributed by atoms with Crippen molar-refractivity contribution in [3.63, 3.8) is 0 Å². The van der Waals surface area contributed by atoms with E-state index in [1.165, 1.54) is 12.8 Å². The summed E-state index contributed by atoms with van der Waals surface area (Å²) in [5.74, 6) is -1.15. The molecule has 2 aliphatic heterocycles. The fourth-order valence-electron chi connectivity index (χ4n) is 6.34. The van der Waals surface area contributed by atoms with Crippen LogP contribution in [-0.4, -0.2) is 53.3 Å². The maximum absolute atomic E-state index is 11.4. The minimum atomic E-state index is -0.807. The van der Waals surface area contributed by atoms with Gasteiger partial charge in [-0.3, -0.25) is 0 Å². The number of ether oxygens (including phenoxy) is 5. The molecule has 1 aromatic carbocycles. The van der Waals surface area contributed by atoms with E-state index in [-0.39, 0.29) is 18.3 Å². The molecule has 1 aromatic rings. The number of rotatable bonds is 3. The maximum atomic E-state index is 11.4. The van der Waals surface area contributed by atoms with Gasteiger partial charge in [0.05, 0.1) is 6.61 Å². The molecule has 2 saturated heterocycles. The van der Waals surface area contributed by atoms with E-state index in [1.807, 2.05) is 30.3 Å². The van der Waals surface area contributed by atoms with Crippen molar-refractivity contribution < 1.29 is 28.8 Å². The summed E-state index contributed by atoms with van der Waals surface area (Å²) in [4.78, 5) is 0. The van der Waals surface area contributed by atoms with Crippen molar-refractivity contribution in [1.82, 2.24) is 0 Å². The number of benzene rings is 1. The van der Waals surface area contributed by atoms with Crippen LogP contribution in [0.15, 0.2) is 30.3 Å². The third kappa shape index (κ3) is 3.65. The minimum Gasteiger partial charge on any atom is -0.387 e. The molecule has 0 unspecified atom stereocenters. The normalized spacial score (nSPS) is 40.7. The quantitative estimate of drug-likeness (QED) is 0.786. The van der Waals surface area contributed by atoms with Gasteiger partial charge in [-0.15, -0.1) is 0 Å². The Kier molecular flexibility index (Phi) is 5.37. The summed E-state index contributed by atoms with van der Waals surface area (Å²) in [7, 11) is 0. The Morgan fingerprint density at radius 3 is 1.84 bits per heavy atom. The van der Waals surface area contributed by atoms with E-state index in [1.54, 1.807) is 0 Å². The Hall–Kier alpha value is -1.02. The number of aliphatic hydroxyl groups excluding tert-OH is 1. The lowest BCUT2D eigenvalue weighted by Gasteiger charge is -2.40. The zero-order valence-electron chi connectivity index (χ0n) is 18.1. The molecule has 5 aliphatic rings. The molecule has 0 amide bonds. The molecule has 170 valence electrons. The minimum absolute atomic E-state index is 0.270. The highest BCUT2D eigenvalue weighted by atomic mass is 16.8. The first-order valence-electron chi connectivity index (χ1n) is 12.2. The Labute approximate surface area is 184 Å². The first kappa shape index (κ1) is 20.6. The van der Waals surface area contributed by atoms with Crippen LogP contribution in [0.1, 0.15) is 69.8 Å². The van der Waals surface area contributed by atoms with E-state index in [4.69, 9.17) is 23.7 Å². The highest BCUT2D eigenvalue weighted by Crippen LogP contribution is 2.51. The first-order valence-corrected chi connectivity index (χ1v) is 12.2. The number of hydrogen-bond donors (Lipinski definition) is 1. The van der Waals surface area contributed by atoms with Gasteiger partial charge >= 0.3 is 0 Å². The summed E-state index contributed by atoms with van der Waals surface area (Å²) in [5.41, 5.74) is 1.08. The summed E-state index contributed by atoms with van der Waals surface area (Å²) in [6.45, 7) is 0.422. The number of aliphatic hydroxyl groups is 1. The second-order valence-corrected chi connectivity index (χ2v) is 10.0. The van der Waals surface area contributed by atoms with Crippen molar-refractivity contribution in [3.05, 3.63) is 35.9 Å². The van der Waals surface area contributed by atoms with Crippen LogP contribution in [-0.2, 0) is 30.3 Å². The van der Waals surface area contributed by atoms with Gasteiger partial charge in [-0.05, 0) is 31.2 Å². The van der Waals surface area contributed by atoms with Crippen molar-refractivity contribution in [2.24, 2.45) is 0 Å². The van der Waals surface area contributed by atoms with Crippen LogP contribution in [0, 0.1) is 0 Å². The lowest BCUT2D eigenvalue weighted by molar-refractivity contribution is -0.227. The van der Waals surface area contributed by atoms with Crippen LogP contribution in [0.2, 0.25) is 0 Å². The lowest BCUT2D eigenvalue weighted by Crippen LogP contribution is -2.62. The molecule has 0 aromatic heterocycles. The summed E-state index contributed by atoms with van der Waals surface area (Å²) >= 11 is 0. The van der Waals surface area contributed by atoms with Crippen LogP contribution in [0.5, 0.6) is 0 Å². The molecule has 1 N–H and O–H groups in total. The molecule has 31 heavy (non-hydrogen) atoms. The van der Waals surface area contributed by atoms with Crippen LogP contribution >= 0.6 is 0 Å².